The minimum Gasteiger partial charge on any atom is -0.445 e. The molecule has 1 heterocycles. The zero-order chi connectivity index (χ0) is 13.7. The zero-order valence-electron chi connectivity index (χ0n) is 11.2. The van der Waals surface area contributed by atoms with Gasteiger partial charge < -0.3 is 9.47 Å². The van der Waals surface area contributed by atoms with E-state index >= 15 is 0 Å². The first-order valence-corrected chi connectivity index (χ1v) is 6.35. The van der Waals surface area contributed by atoms with Crippen molar-refractivity contribution in [3.63, 3.8) is 0 Å². The van der Waals surface area contributed by atoms with Crippen molar-refractivity contribution in [2.45, 2.75) is 19.1 Å². The van der Waals surface area contributed by atoms with Crippen LogP contribution in [-0.4, -0.2) is 36.3 Å². The molecule has 1 atom stereocenters. The minimum absolute atomic E-state index is 0.282. The van der Waals surface area contributed by atoms with Crippen molar-refractivity contribution in [3.8, 4) is 0 Å². The average Bonchev–Trinajstić information content (AvgIpc) is 2.46. The number of ether oxygens (including phenoxy) is 2. The van der Waals surface area contributed by atoms with Gasteiger partial charge in [-0.3, -0.25) is 4.90 Å². The molecule has 102 valence electrons. The number of amides is 1. The lowest BCUT2D eigenvalue weighted by Crippen LogP contribution is -2.56. The maximum Gasteiger partial charge on any atom is 0.410 e. The molecule has 1 fully saturated rings. The molecule has 4 nitrogen and oxygen atoms in total. The van der Waals surface area contributed by atoms with Gasteiger partial charge in [0.25, 0.3) is 0 Å². The van der Waals surface area contributed by atoms with Crippen LogP contribution < -0.4 is 0 Å². The Morgan fingerprint density at radius 3 is 2.95 bits per heavy atom. The van der Waals surface area contributed by atoms with Gasteiger partial charge in [0.15, 0.2) is 0 Å². The van der Waals surface area contributed by atoms with Crippen LogP contribution >= 0.6 is 0 Å². The summed E-state index contributed by atoms with van der Waals surface area (Å²) in [6, 6.07) is 9.64. The maximum absolute atomic E-state index is 12.1. The molecule has 1 aliphatic rings. The third kappa shape index (κ3) is 3.15. The normalized spacial score (nSPS) is 22.9. The summed E-state index contributed by atoms with van der Waals surface area (Å²) in [6.45, 7) is 7.49. The molecule has 1 aromatic carbocycles. The molecule has 0 spiro atoms. The van der Waals surface area contributed by atoms with E-state index in [2.05, 4.69) is 6.58 Å². The second kappa shape index (κ2) is 5.89. The van der Waals surface area contributed by atoms with E-state index in [1.807, 2.05) is 37.3 Å². The van der Waals surface area contributed by atoms with Crippen molar-refractivity contribution in [3.05, 3.63) is 48.6 Å². The highest BCUT2D eigenvalue weighted by Gasteiger charge is 2.36. The Morgan fingerprint density at radius 1 is 1.53 bits per heavy atom. The van der Waals surface area contributed by atoms with E-state index in [1.54, 1.807) is 11.0 Å². The fraction of sp³-hybridized carbons (Fsp3) is 0.400. The van der Waals surface area contributed by atoms with Crippen LogP contribution in [0.4, 0.5) is 4.79 Å². The van der Waals surface area contributed by atoms with Gasteiger partial charge in [0.2, 0.25) is 0 Å². The van der Waals surface area contributed by atoms with Crippen molar-refractivity contribution in [1.29, 1.82) is 0 Å². The Hall–Kier alpha value is -1.81. The molecule has 0 aromatic heterocycles. The fourth-order valence-corrected chi connectivity index (χ4v) is 2.03. The van der Waals surface area contributed by atoms with Gasteiger partial charge in [-0.15, -0.1) is 6.58 Å². The van der Waals surface area contributed by atoms with Crippen LogP contribution in [0.25, 0.3) is 0 Å². The SMILES string of the molecule is C=CC1(C)COCCN1C(=O)OCc1ccccc1. The summed E-state index contributed by atoms with van der Waals surface area (Å²) in [5.41, 5.74) is 0.482. The van der Waals surface area contributed by atoms with Crippen molar-refractivity contribution in [1.82, 2.24) is 4.90 Å². The van der Waals surface area contributed by atoms with Crippen LogP contribution in [0.1, 0.15) is 12.5 Å². The second-order valence-electron chi connectivity index (χ2n) is 4.81. The lowest BCUT2D eigenvalue weighted by Gasteiger charge is -2.41. The highest BCUT2D eigenvalue weighted by atomic mass is 16.6. The first-order chi connectivity index (χ1) is 9.15. The van der Waals surface area contributed by atoms with Crippen molar-refractivity contribution in [2.24, 2.45) is 0 Å². The molecule has 1 saturated heterocycles. The lowest BCUT2D eigenvalue weighted by molar-refractivity contribution is -0.0346. The standard InChI is InChI=1S/C15H19NO3/c1-3-15(2)12-18-10-9-16(15)14(17)19-11-13-7-5-4-6-8-13/h3-8H,1,9-12H2,2H3. The van der Waals surface area contributed by atoms with Gasteiger partial charge in [-0.1, -0.05) is 36.4 Å². The number of rotatable bonds is 3. The van der Waals surface area contributed by atoms with E-state index in [4.69, 9.17) is 9.47 Å². The van der Waals surface area contributed by atoms with E-state index in [0.29, 0.717) is 19.8 Å². The Labute approximate surface area is 113 Å². The van der Waals surface area contributed by atoms with Gasteiger partial charge in [0, 0.05) is 6.54 Å². The highest BCUT2D eigenvalue weighted by molar-refractivity contribution is 5.69. The third-order valence-corrected chi connectivity index (χ3v) is 3.34. The number of benzene rings is 1. The van der Waals surface area contributed by atoms with Crippen molar-refractivity contribution >= 4 is 6.09 Å². The van der Waals surface area contributed by atoms with Crippen LogP contribution in [0.2, 0.25) is 0 Å². The van der Waals surface area contributed by atoms with E-state index in [1.165, 1.54) is 0 Å². The smallest absolute Gasteiger partial charge is 0.410 e. The number of nitrogens with zero attached hydrogens (tertiary/aromatic N) is 1. The summed E-state index contributed by atoms with van der Waals surface area (Å²) in [7, 11) is 0. The van der Waals surface area contributed by atoms with Gasteiger partial charge in [0.05, 0.1) is 18.8 Å². The number of carbonyl (C=O) groups is 1. The molecule has 1 unspecified atom stereocenters. The summed E-state index contributed by atoms with van der Waals surface area (Å²) in [5, 5.41) is 0. The van der Waals surface area contributed by atoms with Gasteiger partial charge in [-0.05, 0) is 12.5 Å². The molecule has 1 aliphatic heterocycles. The Bertz CT molecular complexity index is 446. The first kappa shape index (κ1) is 13.6. The zero-order valence-corrected chi connectivity index (χ0v) is 11.2. The van der Waals surface area contributed by atoms with E-state index in [-0.39, 0.29) is 12.7 Å². The minimum atomic E-state index is -0.494. The molecule has 19 heavy (non-hydrogen) atoms. The summed E-state index contributed by atoms with van der Waals surface area (Å²) in [4.78, 5) is 13.8. The molecular formula is C15H19NO3. The van der Waals surface area contributed by atoms with E-state index in [9.17, 15) is 4.79 Å². The molecule has 2 rings (SSSR count). The van der Waals surface area contributed by atoms with Gasteiger partial charge in [-0.2, -0.15) is 0 Å². The quantitative estimate of drug-likeness (QED) is 0.785. The molecule has 1 amide bonds. The van der Waals surface area contributed by atoms with Crippen LogP contribution in [-0.2, 0) is 16.1 Å². The molecule has 0 bridgehead atoms. The van der Waals surface area contributed by atoms with Gasteiger partial charge in [0.1, 0.15) is 6.61 Å². The van der Waals surface area contributed by atoms with E-state index in [0.717, 1.165) is 5.56 Å². The molecule has 0 aliphatic carbocycles. The van der Waals surface area contributed by atoms with Crippen molar-refractivity contribution < 1.29 is 14.3 Å². The summed E-state index contributed by atoms with van der Waals surface area (Å²) in [6.07, 6.45) is 1.41. The molecule has 1 aromatic rings. The van der Waals surface area contributed by atoms with Crippen molar-refractivity contribution in [2.75, 3.05) is 19.8 Å². The predicted octanol–water partition coefficient (Wildman–Crippen LogP) is 2.60. The molecular weight excluding hydrogens is 242 g/mol. The van der Waals surface area contributed by atoms with Gasteiger partial charge >= 0.3 is 6.09 Å². The summed E-state index contributed by atoms with van der Waals surface area (Å²) < 4.78 is 10.7. The molecule has 0 radical (unpaired) electrons. The number of carbonyl (C=O) groups excluding carboxylic acids is 1. The molecule has 4 heteroatoms. The molecule has 0 N–H and O–H groups in total. The number of hydrogen-bond acceptors (Lipinski definition) is 3. The Balaban J connectivity index is 1.97. The lowest BCUT2D eigenvalue weighted by atomic mass is 10.0. The van der Waals surface area contributed by atoms with Crippen LogP contribution in [0.5, 0.6) is 0 Å². The second-order valence-corrected chi connectivity index (χ2v) is 4.81. The van der Waals surface area contributed by atoms with Crippen LogP contribution in [0.3, 0.4) is 0 Å². The third-order valence-electron chi connectivity index (χ3n) is 3.34. The Kier molecular flexibility index (Phi) is 4.22. The molecule has 0 saturated carbocycles. The van der Waals surface area contributed by atoms with Crippen LogP contribution in [0.15, 0.2) is 43.0 Å². The maximum atomic E-state index is 12.1. The largest absolute Gasteiger partial charge is 0.445 e. The summed E-state index contributed by atoms with van der Waals surface area (Å²) in [5.74, 6) is 0. The predicted molar refractivity (Wildman–Crippen MR) is 72.8 cm³/mol. The average molecular weight is 261 g/mol. The Morgan fingerprint density at radius 2 is 2.26 bits per heavy atom. The van der Waals surface area contributed by atoms with Gasteiger partial charge in [-0.25, -0.2) is 4.79 Å². The number of hydrogen-bond donors (Lipinski definition) is 0. The number of morpholine rings is 1. The topological polar surface area (TPSA) is 38.8 Å². The fourth-order valence-electron chi connectivity index (χ4n) is 2.03. The van der Waals surface area contributed by atoms with E-state index < -0.39 is 5.54 Å². The highest BCUT2D eigenvalue weighted by Crippen LogP contribution is 2.22. The van der Waals surface area contributed by atoms with Crippen LogP contribution in [0, 0.1) is 0 Å². The monoisotopic (exact) mass is 261 g/mol. The summed E-state index contributed by atoms with van der Waals surface area (Å²) >= 11 is 0. The first-order valence-electron chi connectivity index (χ1n) is 6.35.